The van der Waals surface area contributed by atoms with E-state index in [1.165, 1.54) is 0 Å². The molecule has 0 aliphatic heterocycles. The van der Waals surface area contributed by atoms with E-state index in [-0.39, 0.29) is 11.2 Å². The van der Waals surface area contributed by atoms with Crippen molar-refractivity contribution in [3.63, 3.8) is 0 Å². The minimum absolute atomic E-state index is 0.153. The Kier molecular flexibility index (Phi) is 13.1. The number of hydrogen-bond donors (Lipinski definition) is 3. The highest BCUT2D eigenvalue weighted by Gasteiger charge is 2.26. The van der Waals surface area contributed by atoms with Crippen molar-refractivity contribution < 1.29 is 5.11 Å². The second kappa shape index (κ2) is 15.2. The molecule has 5 heteroatoms. The summed E-state index contributed by atoms with van der Waals surface area (Å²) in [6, 6.07) is 11.6. The molecule has 0 atom stereocenters. The predicted octanol–water partition coefficient (Wildman–Crippen LogP) is 8.25. The lowest BCUT2D eigenvalue weighted by Crippen LogP contribution is -2.31. The molecule has 0 saturated heterocycles. The molecular weight excluding hydrogens is 462 g/mol. The summed E-state index contributed by atoms with van der Waals surface area (Å²) in [6.45, 7) is 19.3. The maximum absolute atomic E-state index is 9.75. The fraction of sp³-hybridized carbons (Fsp3) is 0.355. The Balaban J connectivity index is 0.000000825. The molecule has 0 aliphatic carbocycles. The number of H-pyrrole nitrogens is 1. The molecule has 2 aromatic carbocycles. The quantitative estimate of drug-likeness (QED) is 0.223. The van der Waals surface area contributed by atoms with E-state index in [0.29, 0.717) is 0 Å². The summed E-state index contributed by atoms with van der Waals surface area (Å²) in [5.41, 5.74) is 3.79. The summed E-state index contributed by atoms with van der Waals surface area (Å²) in [6.07, 6.45) is 7.86. The zero-order chi connectivity index (χ0) is 27.3. The van der Waals surface area contributed by atoms with E-state index in [1.807, 2.05) is 45.2 Å². The Hall–Kier alpha value is -3.02. The van der Waals surface area contributed by atoms with Gasteiger partial charge >= 0.3 is 0 Å². The molecule has 0 amide bonds. The van der Waals surface area contributed by atoms with Crippen molar-refractivity contribution in [2.75, 3.05) is 13.6 Å². The van der Waals surface area contributed by atoms with Crippen LogP contribution in [0.3, 0.4) is 0 Å². The van der Waals surface area contributed by atoms with Gasteiger partial charge in [0.25, 0.3) is 0 Å². The number of hydrogen-bond acceptors (Lipinski definition) is 4. The van der Waals surface area contributed by atoms with Gasteiger partial charge in [0, 0.05) is 17.5 Å². The van der Waals surface area contributed by atoms with Gasteiger partial charge in [-0.05, 0) is 66.7 Å². The minimum Gasteiger partial charge on any atom is -0.508 e. The number of allylic oxidation sites excluding steroid dienone is 5. The van der Waals surface area contributed by atoms with Gasteiger partial charge in [-0.2, -0.15) is 0 Å². The van der Waals surface area contributed by atoms with Crippen molar-refractivity contribution in [3.8, 4) is 17.0 Å². The Morgan fingerprint density at radius 3 is 2.28 bits per heavy atom. The average molecular weight is 506 g/mol. The van der Waals surface area contributed by atoms with Gasteiger partial charge in [0.1, 0.15) is 11.6 Å². The largest absolute Gasteiger partial charge is 0.508 e. The lowest BCUT2D eigenvalue weighted by atomic mass is 9.92. The molecule has 0 radical (unpaired) electrons. The lowest BCUT2D eigenvalue weighted by molar-refractivity contribution is 0.469. The van der Waals surface area contributed by atoms with Crippen LogP contribution in [0, 0.1) is 5.92 Å². The first-order valence-corrected chi connectivity index (χ1v) is 12.9. The molecule has 0 unspecified atom stereocenters. The molecule has 1 aromatic heterocycles. The summed E-state index contributed by atoms with van der Waals surface area (Å²) in [5.74, 6) is 2.04. The molecule has 0 spiro atoms. The minimum atomic E-state index is -0.153. The fourth-order valence-corrected chi connectivity index (χ4v) is 3.55. The molecule has 36 heavy (non-hydrogen) atoms. The second-order valence-corrected chi connectivity index (χ2v) is 10.3. The Labute approximate surface area is 223 Å². The highest BCUT2D eigenvalue weighted by atomic mass is 32.1. The van der Waals surface area contributed by atoms with Crippen molar-refractivity contribution in [1.29, 1.82) is 0 Å². The topological polar surface area (TPSA) is 60.9 Å². The standard InChI is InChI=1S/C25H29N3O.C4H10.C2H4S/c1-6-8-17(9-7-2)22-23(28-24(27-22)25(3,4)16-26-5)20-11-10-19-15-21(29)13-12-18(19)14-20;1-4(2)3;1-2-3/h6-15,26,29H,1,16H2,2-5H3,(H,27,28);4H,1-3H3;2H,1H3/b9-7-,17-8+;;. The molecule has 0 bridgehead atoms. The average Bonchev–Trinajstić information content (AvgIpc) is 3.25. The van der Waals surface area contributed by atoms with Crippen LogP contribution in [0.1, 0.15) is 60.0 Å². The molecule has 0 saturated carbocycles. The zero-order valence-corrected chi connectivity index (χ0v) is 24.0. The molecule has 194 valence electrons. The number of aromatic amines is 1. The highest BCUT2D eigenvalue weighted by Crippen LogP contribution is 2.33. The summed E-state index contributed by atoms with van der Waals surface area (Å²) >= 11 is 4.27. The maximum Gasteiger partial charge on any atom is 0.116 e. The smallest absolute Gasteiger partial charge is 0.116 e. The van der Waals surface area contributed by atoms with E-state index in [9.17, 15) is 5.11 Å². The molecule has 3 aromatic rings. The normalized spacial score (nSPS) is 11.6. The van der Waals surface area contributed by atoms with Crippen LogP contribution in [0.25, 0.3) is 27.6 Å². The first kappa shape index (κ1) is 31.0. The number of imidazole rings is 1. The van der Waals surface area contributed by atoms with E-state index in [4.69, 9.17) is 4.98 Å². The number of thiocarbonyl (C=S) groups is 1. The van der Waals surface area contributed by atoms with E-state index in [0.717, 1.165) is 51.6 Å². The first-order chi connectivity index (χ1) is 17.0. The monoisotopic (exact) mass is 505 g/mol. The Morgan fingerprint density at radius 2 is 1.72 bits per heavy atom. The second-order valence-electron chi connectivity index (χ2n) is 9.79. The molecule has 1 heterocycles. The molecule has 0 aliphatic rings. The third kappa shape index (κ3) is 9.21. The van der Waals surface area contributed by atoms with E-state index in [2.05, 4.69) is 81.9 Å². The number of aromatic hydroxyl groups is 1. The number of nitrogens with one attached hydrogen (secondary N) is 2. The van der Waals surface area contributed by atoms with Crippen LogP contribution < -0.4 is 5.32 Å². The van der Waals surface area contributed by atoms with Crippen LogP contribution in [0.5, 0.6) is 5.75 Å². The van der Waals surface area contributed by atoms with Crippen LogP contribution in [0.15, 0.2) is 67.3 Å². The van der Waals surface area contributed by atoms with Crippen LogP contribution in [-0.4, -0.2) is 34.0 Å². The van der Waals surface area contributed by atoms with Gasteiger partial charge in [-0.3, -0.25) is 0 Å². The lowest BCUT2D eigenvalue weighted by Gasteiger charge is -2.21. The molecule has 3 rings (SSSR count). The van der Waals surface area contributed by atoms with Crippen molar-refractivity contribution in [3.05, 3.63) is 78.8 Å². The van der Waals surface area contributed by atoms with Gasteiger partial charge in [-0.25, -0.2) is 4.98 Å². The van der Waals surface area contributed by atoms with Gasteiger partial charge in [0.2, 0.25) is 0 Å². The summed E-state index contributed by atoms with van der Waals surface area (Å²) in [4.78, 5) is 8.60. The number of likely N-dealkylation sites (N-methyl/N-ethyl adjacent to an activating group) is 1. The van der Waals surface area contributed by atoms with Crippen molar-refractivity contribution in [2.24, 2.45) is 5.92 Å². The van der Waals surface area contributed by atoms with E-state index in [1.54, 1.807) is 23.6 Å². The third-order valence-corrected chi connectivity index (χ3v) is 4.99. The van der Waals surface area contributed by atoms with Gasteiger partial charge in [-0.1, -0.05) is 95.9 Å². The van der Waals surface area contributed by atoms with E-state index >= 15 is 0 Å². The van der Waals surface area contributed by atoms with Crippen LogP contribution in [0.4, 0.5) is 0 Å². The number of rotatable bonds is 7. The highest BCUT2D eigenvalue weighted by molar-refractivity contribution is 7.78. The Morgan fingerprint density at radius 1 is 1.14 bits per heavy atom. The zero-order valence-electron chi connectivity index (χ0n) is 23.1. The third-order valence-electron chi connectivity index (χ3n) is 4.99. The number of phenols is 1. The number of nitrogens with zero attached hydrogens (tertiary/aromatic N) is 1. The number of aromatic nitrogens is 2. The van der Waals surface area contributed by atoms with Crippen LogP contribution in [-0.2, 0) is 5.41 Å². The van der Waals surface area contributed by atoms with Gasteiger partial charge in [0.15, 0.2) is 0 Å². The van der Waals surface area contributed by atoms with Gasteiger partial charge in [0.05, 0.1) is 11.4 Å². The Bertz CT molecular complexity index is 1180. The molecular formula is C31H43N3OS. The summed E-state index contributed by atoms with van der Waals surface area (Å²) in [7, 11) is 1.95. The SMILES string of the molecule is C=C/C=C(\C=C/C)c1[nH]c(C(C)(C)CNC)nc1-c1ccc2cc(O)ccc2c1.CC(C)C.CC=S. The fourth-order valence-electron chi connectivity index (χ4n) is 3.55. The number of benzene rings is 2. The van der Waals surface area contributed by atoms with Gasteiger partial charge < -0.3 is 15.4 Å². The molecule has 0 fully saturated rings. The first-order valence-electron chi connectivity index (χ1n) is 12.4. The van der Waals surface area contributed by atoms with Crippen molar-refractivity contribution in [1.82, 2.24) is 15.3 Å². The predicted molar refractivity (Wildman–Crippen MR) is 163 cm³/mol. The van der Waals surface area contributed by atoms with Crippen LogP contribution >= 0.6 is 12.2 Å². The van der Waals surface area contributed by atoms with Crippen LogP contribution in [0.2, 0.25) is 0 Å². The summed E-state index contributed by atoms with van der Waals surface area (Å²) < 4.78 is 0. The number of fused-ring (bicyclic) bond motifs is 1. The van der Waals surface area contributed by atoms with E-state index < -0.39 is 0 Å². The van der Waals surface area contributed by atoms with Crippen molar-refractivity contribution in [2.45, 2.75) is 53.9 Å². The molecule has 4 nitrogen and oxygen atoms in total. The van der Waals surface area contributed by atoms with Gasteiger partial charge in [-0.15, -0.1) is 0 Å². The molecule has 3 N–H and O–H groups in total. The summed E-state index contributed by atoms with van der Waals surface area (Å²) in [5, 5.41) is 16.6. The maximum atomic E-state index is 9.75. The number of phenolic OH excluding ortho intramolecular Hbond substituents is 1. The van der Waals surface area contributed by atoms with Crippen molar-refractivity contribution >= 4 is 33.9 Å².